The smallest absolute Gasteiger partial charge is 0.408 e. The van der Waals surface area contributed by atoms with Crippen molar-refractivity contribution in [2.24, 2.45) is 5.92 Å². The molecule has 0 aliphatic heterocycles. The molecule has 0 aromatic heterocycles. The fourth-order valence-corrected chi connectivity index (χ4v) is 2.15. The predicted molar refractivity (Wildman–Crippen MR) is 67.5 cm³/mol. The number of rotatable bonds is 2. The number of carbonyl (C=O) groups excluding carboxylic acids is 2. The van der Waals surface area contributed by atoms with Gasteiger partial charge >= 0.3 is 12.1 Å². The van der Waals surface area contributed by atoms with E-state index >= 15 is 0 Å². The summed E-state index contributed by atoms with van der Waals surface area (Å²) >= 11 is 0. The lowest BCUT2D eigenvalue weighted by Crippen LogP contribution is -2.53. The molecule has 0 saturated heterocycles. The number of alkyl halides is 2. The third-order valence-corrected chi connectivity index (χ3v) is 3.06. The van der Waals surface area contributed by atoms with E-state index in [1.807, 2.05) is 0 Å². The number of ether oxygens (including phenoxy) is 2. The molecule has 0 unspecified atom stereocenters. The van der Waals surface area contributed by atoms with Crippen molar-refractivity contribution < 1.29 is 27.8 Å². The number of halogens is 2. The van der Waals surface area contributed by atoms with Crippen LogP contribution in [0, 0.1) is 5.92 Å². The molecule has 5 nitrogen and oxygen atoms in total. The highest BCUT2D eigenvalue weighted by molar-refractivity contribution is 5.73. The maximum Gasteiger partial charge on any atom is 0.408 e. The highest BCUT2D eigenvalue weighted by Gasteiger charge is 2.48. The van der Waals surface area contributed by atoms with Gasteiger partial charge < -0.3 is 14.8 Å². The Balaban J connectivity index is 2.61. The number of nitrogens with one attached hydrogen (secondary N) is 1. The molecule has 1 amide bonds. The van der Waals surface area contributed by atoms with E-state index in [0.29, 0.717) is 0 Å². The maximum atomic E-state index is 13.9. The highest BCUT2D eigenvalue weighted by Crippen LogP contribution is 2.37. The van der Waals surface area contributed by atoms with Crippen LogP contribution in [0.15, 0.2) is 0 Å². The van der Waals surface area contributed by atoms with E-state index in [0.717, 1.165) is 0 Å². The molecule has 0 radical (unpaired) electrons. The Morgan fingerprint density at radius 2 is 1.85 bits per heavy atom. The van der Waals surface area contributed by atoms with E-state index in [4.69, 9.17) is 4.74 Å². The lowest BCUT2D eigenvalue weighted by molar-refractivity contribution is -0.154. The van der Waals surface area contributed by atoms with Crippen molar-refractivity contribution in [3.05, 3.63) is 0 Å². The van der Waals surface area contributed by atoms with Gasteiger partial charge in [0.05, 0.1) is 19.1 Å². The number of carbonyl (C=O) groups is 2. The van der Waals surface area contributed by atoms with Crippen LogP contribution in [0.2, 0.25) is 0 Å². The first kappa shape index (κ1) is 16.7. The van der Waals surface area contributed by atoms with Gasteiger partial charge in [-0.05, 0) is 33.6 Å². The maximum absolute atomic E-state index is 13.9. The lowest BCUT2D eigenvalue weighted by Gasteiger charge is -2.35. The van der Waals surface area contributed by atoms with Crippen molar-refractivity contribution in [3.63, 3.8) is 0 Å². The fourth-order valence-electron chi connectivity index (χ4n) is 2.15. The first-order valence-corrected chi connectivity index (χ1v) is 6.50. The molecule has 0 aromatic rings. The second-order valence-corrected chi connectivity index (χ2v) is 5.96. The monoisotopic (exact) mass is 293 g/mol. The van der Waals surface area contributed by atoms with Crippen LogP contribution in [0.4, 0.5) is 13.6 Å². The van der Waals surface area contributed by atoms with Crippen LogP contribution < -0.4 is 5.32 Å². The summed E-state index contributed by atoms with van der Waals surface area (Å²) in [6, 6.07) is -1.32. The van der Waals surface area contributed by atoms with Gasteiger partial charge in [-0.1, -0.05) is 0 Å². The highest BCUT2D eigenvalue weighted by atomic mass is 19.3. The average Bonchev–Trinajstić information content (AvgIpc) is 2.28. The average molecular weight is 293 g/mol. The summed E-state index contributed by atoms with van der Waals surface area (Å²) in [4.78, 5) is 22.8. The summed E-state index contributed by atoms with van der Waals surface area (Å²) in [7, 11) is 1.17. The number of hydrogen-bond acceptors (Lipinski definition) is 4. The quantitative estimate of drug-likeness (QED) is 0.794. The molecular formula is C13H21F2NO4. The third kappa shape index (κ3) is 4.61. The van der Waals surface area contributed by atoms with Gasteiger partial charge in [0.15, 0.2) is 0 Å². The SMILES string of the molecule is COC(=O)[C@H]1CC[C@H](NC(=O)OC(C)(C)C)C(F)(F)C1. The van der Waals surface area contributed by atoms with Crippen LogP contribution >= 0.6 is 0 Å². The molecule has 1 rings (SSSR count). The minimum atomic E-state index is -3.16. The van der Waals surface area contributed by atoms with Crippen molar-refractivity contribution in [3.8, 4) is 0 Å². The van der Waals surface area contributed by atoms with Gasteiger partial charge in [0.25, 0.3) is 5.92 Å². The van der Waals surface area contributed by atoms with Crippen LogP contribution in [0.1, 0.15) is 40.0 Å². The van der Waals surface area contributed by atoms with Gasteiger partial charge in [0.2, 0.25) is 0 Å². The van der Waals surface area contributed by atoms with E-state index in [9.17, 15) is 18.4 Å². The molecule has 1 fully saturated rings. The third-order valence-electron chi connectivity index (χ3n) is 3.06. The van der Waals surface area contributed by atoms with E-state index in [1.165, 1.54) is 7.11 Å². The normalized spacial score (nSPS) is 25.7. The molecule has 0 aromatic carbocycles. The van der Waals surface area contributed by atoms with Crippen LogP contribution in [0.3, 0.4) is 0 Å². The van der Waals surface area contributed by atoms with E-state index in [-0.39, 0.29) is 12.8 Å². The van der Waals surface area contributed by atoms with Crippen LogP contribution in [0.25, 0.3) is 0 Å². The molecule has 1 N–H and O–H groups in total. The van der Waals surface area contributed by atoms with Crippen molar-refractivity contribution in [1.82, 2.24) is 5.32 Å². The lowest BCUT2D eigenvalue weighted by atomic mass is 9.83. The molecule has 1 aliphatic carbocycles. The van der Waals surface area contributed by atoms with Gasteiger partial charge in [-0.25, -0.2) is 13.6 Å². The van der Waals surface area contributed by atoms with Crippen LogP contribution in [0.5, 0.6) is 0 Å². The second kappa shape index (κ2) is 5.93. The van der Waals surface area contributed by atoms with Gasteiger partial charge in [-0.3, -0.25) is 4.79 Å². The van der Waals surface area contributed by atoms with E-state index in [2.05, 4.69) is 10.1 Å². The Morgan fingerprint density at radius 3 is 2.30 bits per heavy atom. The Kier molecular flexibility index (Phi) is 4.94. The summed E-state index contributed by atoms with van der Waals surface area (Å²) < 4.78 is 37.3. The molecule has 116 valence electrons. The minimum Gasteiger partial charge on any atom is -0.469 e. The fraction of sp³-hybridized carbons (Fsp3) is 0.846. The van der Waals surface area contributed by atoms with Gasteiger partial charge in [0.1, 0.15) is 5.60 Å². The zero-order chi connectivity index (χ0) is 15.6. The molecule has 7 heteroatoms. The first-order chi connectivity index (χ1) is 9.05. The van der Waals surface area contributed by atoms with E-state index < -0.39 is 42.0 Å². The summed E-state index contributed by atoms with van der Waals surface area (Å²) in [6.45, 7) is 4.95. The van der Waals surface area contributed by atoms with E-state index in [1.54, 1.807) is 20.8 Å². The predicted octanol–water partition coefficient (Wildman–Crippen LogP) is 2.49. The van der Waals surface area contributed by atoms with Gasteiger partial charge in [-0.15, -0.1) is 0 Å². The number of alkyl carbamates (subject to hydrolysis) is 1. The second-order valence-electron chi connectivity index (χ2n) is 5.96. The number of esters is 1. The topological polar surface area (TPSA) is 64.6 Å². The molecule has 0 bridgehead atoms. The molecule has 20 heavy (non-hydrogen) atoms. The molecule has 1 saturated carbocycles. The molecule has 0 heterocycles. The summed E-state index contributed by atoms with van der Waals surface area (Å²) in [5.74, 6) is -4.62. The summed E-state index contributed by atoms with van der Waals surface area (Å²) in [6.07, 6.45) is -1.24. The summed E-state index contributed by atoms with van der Waals surface area (Å²) in [5.41, 5.74) is -0.747. The Morgan fingerprint density at radius 1 is 1.25 bits per heavy atom. The number of hydrogen-bond donors (Lipinski definition) is 1. The first-order valence-electron chi connectivity index (χ1n) is 6.50. The molecular weight excluding hydrogens is 272 g/mol. The molecule has 1 aliphatic rings. The van der Waals surface area contributed by atoms with Crippen molar-refractivity contribution in [1.29, 1.82) is 0 Å². The number of amides is 1. The minimum absolute atomic E-state index is 0.00596. The Labute approximate surface area is 117 Å². The van der Waals surface area contributed by atoms with Crippen LogP contribution in [-0.4, -0.2) is 36.7 Å². The van der Waals surface area contributed by atoms with Crippen molar-refractivity contribution in [2.45, 2.75) is 57.6 Å². The molecule has 2 atom stereocenters. The Bertz CT molecular complexity index is 379. The Hall–Kier alpha value is -1.40. The van der Waals surface area contributed by atoms with Gasteiger partial charge in [0, 0.05) is 6.42 Å². The zero-order valence-corrected chi connectivity index (χ0v) is 12.2. The van der Waals surface area contributed by atoms with Crippen molar-refractivity contribution >= 4 is 12.1 Å². The standard InChI is InChI=1S/C13H21F2NO4/c1-12(2,3)20-11(18)16-9-6-5-8(10(17)19-4)7-13(9,14)15/h8-9H,5-7H2,1-4H3,(H,16,18)/t8-,9-/m0/s1. The van der Waals surface area contributed by atoms with Gasteiger partial charge in [-0.2, -0.15) is 0 Å². The number of methoxy groups -OCH3 is 1. The summed E-state index contributed by atoms with van der Waals surface area (Å²) in [5, 5.41) is 2.18. The largest absolute Gasteiger partial charge is 0.469 e. The van der Waals surface area contributed by atoms with Crippen LogP contribution in [-0.2, 0) is 14.3 Å². The molecule has 0 spiro atoms. The zero-order valence-electron chi connectivity index (χ0n) is 12.2. The van der Waals surface area contributed by atoms with Crippen molar-refractivity contribution in [2.75, 3.05) is 7.11 Å².